The average molecular weight is 720 g/mol. The van der Waals surface area contributed by atoms with Gasteiger partial charge in [0, 0.05) is 72.7 Å². The molecule has 13 nitrogen and oxygen atoms in total. The summed E-state index contributed by atoms with van der Waals surface area (Å²) >= 11 is 2.47. The van der Waals surface area contributed by atoms with Gasteiger partial charge < -0.3 is 20.3 Å². The molecule has 17 heteroatoms. The number of hydrogen-bond acceptors (Lipinski definition) is 13. The third kappa shape index (κ3) is 9.41. The molecule has 0 spiro atoms. The van der Waals surface area contributed by atoms with Crippen LogP contribution in [0.1, 0.15) is 27.2 Å². The van der Waals surface area contributed by atoms with Gasteiger partial charge in [0.25, 0.3) is 20.0 Å². The van der Waals surface area contributed by atoms with Crippen molar-refractivity contribution in [1.29, 1.82) is 0 Å². The van der Waals surface area contributed by atoms with Crippen LogP contribution in [0.25, 0.3) is 0 Å². The van der Waals surface area contributed by atoms with Gasteiger partial charge in [-0.25, -0.2) is 26.8 Å². The molecule has 2 fully saturated rings. The lowest BCUT2D eigenvalue weighted by Gasteiger charge is -2.41. The molecule has 0 unspecified atom stereocenters. The van der Waals surface area contributed by atoms with Crippen LogP contribution in [0.2, 0.25) is 0 Å². The number of rotatable bonds is 10. The number of carbonyl (C=O) groups is 1. The monoisotopic (exact) mass is 719 g/mol. The maximum atomic E-state index is 12.3. The molecule has 0 atom stereocenters. The number of benzene rings is 2. The third-order valence-corrected chi connectivity index (χ3v) is 11.4. The Labute approximate surface area is 282 Å². The van der Waals surface area contributed by atoms with Crippen LogP contribution < -0.4 is 25.0 Å². The number of ether oxygens (including phenoxy) is 1. The lowest BCUT2D eigenvalue weighted by molar-refractivity contribution is -0.156. The summed E-state index contributed by atoms with van der Waals surface area (Å²) in [4.78, 5) is 24.3. The van der Waals surface area contributed by atoms with Gasteiger partial charge >= 0.3 is 5.97 Å². The van der Waals surface area contributed by atoms with E-state index < -0.39 is 25.6 Å². The molecule has 2 aromatic carbocycles. The number of nitrogens with zero attached hydrogens (tertiary/aromatic N) is 4. The van der Waals surface area contributed by atoms with Crippen LogP contribution in [-0.4, -0.2) is 70.6 Å². The lowest BCUT2D eigenvalue weighted by Crippen LogP contribution is -2.55. The zero-order chi connectivity index (χ0) is 33.8. The quantitative estimate of drug-likeness (QED) is 0.200. The van der Waals surface area contributed by atoms with Crippen molar-refractivity contribution in [2.24, 2.45) is 11.7 Å². The summed E-state index contributed by atoms with van der Waals surface area (Å²) in [5.41, 5.74) is 7.18. The molecule has 0 saturated carbocycles. The number of thiazole rings is 2. The highest BCUT2D eigenvalue weighted by atomic mass is 32.2. The SMILES string of the molecule is CC(C)(C)OC(=O)CC1CN(c2ccc(S(=O)(=O)Nc3nccs3)cc2)C1.NC1CN(c2ccc(S(=O)(=O)Nc3nccs3)cc2)C1. The van der Waals surface area contributed by atoms with Gasteiger partial charge in [-0.3, -0.25) is 14.2 Å². The number of sulfonamides is 2. The van der Waals surface area contributed by atoms with E-state index >= 15 is 0 Å². The molecule has 47 heavy (non-hydrogen) atoms. The molecule has 2 aliphatic heterocycles. The molecule has 4 heterocycles. The van der Waals surface area contributed by atoms with Gasteiger partial charge in [0.05, 0.1) is 16.2 Å². The van der Waals surface area contributed by atoms with E-state index in [0.717, 1.165) is 37.6 Å². The zero-order valence-electron chi connectivity index (χ0n) is 26.1. The summed E-state index contributed by atoms with van der Waals surface area (Å²) in [6.45, 7) is 8.70. The van der Waals surface area contributed by atoms with Crippen molar-refractivity contribution in [3.63, 3.8) is 0 Å². The van der Waals surface area contributed by atoms with E-state index in [9.17, 15) is 21.6 Å². The fraction of sp³-hybridized carbons (Fsp3) is 0.367. The van der Waals surface area contributed by atoms with Crippen molar-refractivity contribution in [2.45, 2.75) is 48.6 Å². The van der Waals surface area contributed by atoms with Crippen molar-refractivity contribution >= 4 is 70.3 Å². The van der Waals surface area contributed by atoms with Gasteiger partial charge in [-0.15, -0.1) is 22.7 Å². The van der Waals surface area contributed by atoms with Crippen LogP contribution >= 0.6 is 22.7 Å². The van der Waals surface area contributed by atoms with Gasteiger partial charge in [-0.1, -0.05) is 0 Å². The third-order valence-electron chi connectivity index (χ3n) is 7.07. The highest BCUT2D eigenvalue weighted by molar-refractivity contribution is 7.93. The zero-order valence-corrected chi connectivity index (χ0v) is 29.3. The topological polar surface area (TPSA) is 177 Å². The number of nitrogens with one attached hydrogen (secondary N) is 2. The summed E-state index contributed by atoms with van der Waals surface area (Å²) < 4.78 is 59.2. The molecular formula is C30H37N7O6S4. The highest BCUT2D eigenvalue weighted by Crippen LogP contribution is 2.29. The van der Waals surface area contributed by atoms with Crippen LogP contribution in [-0.2, 0) is 29.6 Å². The Kier molecular flexibility index (Phi) is 10.4. The van der Waals surface area contributed by atoms with Gasteiger partial charge in [-0.05, 0) is 69.3 Å². The summed E-state index contributed by atoms with van der Waals surface area (Å²) in [5.74, 6) is 0.0803. The maximum Gasteiger partial charge on any atom is 0.306 e. The molecule has 4 aromatic rings. The van der Waals surface area contributed by atoms with E-state index in [4.69, 9.17) is 10.5 Å². The Balaban J connectivity index is 0.000000193. The first-order valence-electron chi connectivity index (χ1n) is 14.7. The van der Waals surface area contributed by atoms with Gasteiger partial charge in [0.2, 0.25) is 0 Å². The van der Waals surface area contributed by atoms with Crippen molar-refractivity contribution in [3.8, 4) is 0 Å². The molecule has 2 aromatic heterocycles. The van der Waals surface area contributed by atoms with Crippen LogP contribution in [0.15, 0.2) is 81.5 Å². The second-order valence-electron chi connectivity index (χ2n) is 12.1. The number of hydrogen-bond donors (Lipinski definition) is 3. The highest BCUT2D eigenvalue weighted by Gasteiger charge is 2.31. The van der Waals surface area contributed by atoms with E-state index in [1.165, 1.54) is 22.7 Å². The number of aromatic nitrogens is 2. The van der Waals surface area contributed by atoms with Crippen molar-refractivity contribution in [3.05, 3.63) is 71.7 Å². The average Bonchev–Trinajstić information content (AvgIpc) is 3.67. The molecule has 0 amide bonds. The summed E-state index contributed by atoms with van der Waals surface area (Å²) in [5, 5.41) is 4.13. The largest absolute Gasteiger partial charge is 0.460 e. The minimum atomic E-state index is -3.64. The normalized spacial score (nSPS) is 15.6. The predicted octanol–water partition coefficient (Wildman–Crippen LogP) is 4.20. The number of carbonyl (C=O) groups excluding carboxylic acids is 1. The Hall–Kier alpha value is -3.77. The molecule has 252 valence electrons. The first-order chi connectivity index (χ1) is 22.2. The molecule has 0 aliphatic carbocycles. The molecule has 2 aliphatic rings. The molecular weight excluding hydrogens is 683 g/mol. The standard InChI is InChI=1S/C18H23N3O4S2.C12H14N4O2S2/c1-18(2,3)25-16(22)10-13-11-21(12-13)14-4-6-15(7-5-14)27(23,24)20-17-19-8-9-26-17;13-9-7-16(8-9)10-1-3-11(4-2-10)20(17,18)15-12-14-5-6-19-12/h4-9,13H,10-12H2,1-3H3,(H,19,20);1-6,9H,7-8,13H2,(H,14,15). The van der Waals surface area contributed by atoms with Gasteiger partial charge in [0.1, 0.15) is 5.60 Å². The summed E-state index contributed by atoms with van der Waals surface area (Å²) in [6.07, 6.45) is 3.50. The predicted molar refractivity (Wildman–Crippen MR) is 185 cm³/mol. The minimum absolute atomic E-state index is 0.179. The Bertz CT molecular complexity index is 1830. The molecule has 6 rings (SSSR count). The Morgan fingerprint density at radius 2 is 1.23 bits per heavy atom. The van der Waals surface area contributed by atoms with Gasteiger partial charge in [0.15, 0.2) is 10.3 Å². The summed E-state index contributed by atoms with van der Waals surface area (Å²) in [6, 6.07) is 13.7. The maximum absolute atomic E-state index is 12.3. The smallest absolute Gasteiger partial charge is 0.306 e. The Morgan fingerprint density at radius 1 is 0.809 bits per heavy atom. The van der Waals surface area contributed by atoms with E-state index in [1.54, 1.807) is 71.7 Å². The first kappa shape index (κ1) is 34.6. The fourth-order valence-electron chi connectivity index (χ4n) is 4.82. The van der Waals surface area contributed by atoms with Crippen LogP contribution in [0.5, 0.6) is 0 Å². The van der Waals surface area contributed by atoms with E-state index in [0.29, 0.717) is 16.7 Å². The first-order valence-corrected chi connectivity index (χ1v) is 19.4. The van der Waals surface area contributed by atoms with E-state index in [-0.39, 0.29) is 27.7 Å². The van der Waals surface area contributed by atoms with Crippen molar-refractivity contribution < 1.29 is 26.4 Å². The van der Waals surface area contributed by atoms with Crippen LogP contribution in [0, 0.1) is 5.92 Å². The minimum Gasteiger partial charge on any atom is -0.460 e. The number of nitrogens with two attached hydrogens (primary N) is 1. The number of esters is 1. The van der Waals surface area contributed by atoms with Crippen molar-refractivity contribution in [2.75, 3.05) is 45.4 Å². The second-order valence-corrected chi connectivity index (χ2v) is 17.3. The van der Waals surface area contributed by atoms with Crippen LogP contribution in [0.3, 0.4) is 0 Å². The number of anilines is 4. The molecule has 2 saturated heterocycles. The second kappa shape index (κ2) is 14.1. The van der Waals surface area contributed by atoms with E-state index in [2.05, 4.69) is 29.2 Å². The summed E-state index contributed by atoms with van der Waals surface area (Å²) in [7, 11) is -7.21. The van der Waals surface area contributed by atoms with E-state index in [1.807, 2.05) is 20.8 Å². The van der Waals surface area contributed by atoms with Crippen molar-refractivity contribution in [1.82, 2.24) is 9.97 Å². The lowest BCUT2D eigenvalue weighted by atomic mass is 9.95. The van der Waals surface area contributed by atoms with Gasteiger partial charge in [-0.2, -0.15) is 0 Å². The Morgan fingerprint density at radius 3 is 1.60 bits per heavy atom. The molecule has 4 N–H and O–H groups in total. The molecule has 0 radical (unpaired) electrons. The fourth-order valence-corrected chi connectivity index (χ4v) is 8.40. The van der Waals surface area contributed by atoms with Crippen LogP contribution in [0.4, 0.5) is 21.6 Å². The molecule has 0 bridgehead atoms.